The molecule has 0 radical (unpaired) electrons. The molecule has 1 aliphatic rings. The topological polar surface area (TPSA) is 65.0 Å². The second kappa shape index (κ2) is 5.45. The Morgan fingerprint density at radius 3 is 2.20 bits per heavy atom. The lowest BCUT2D eigenvalue weighted by Crippen LogP contribution is -2.49. The third-order valence-corrected chi connectivity index (χ3v) is 3.57. The maximum atomic E-state index is 12.2. The summed E-state index contributed by atoms with van der Waals surface area (Å²) >= 11 is 0. The van der Waals surface area contributed by atoms with Crippen LogP contribution in [0.15, 0.2) is 35.3 Å². The van der Waals surface area contributed by atoms with Gasteiger partial charge in [-0.1, -0.05) is 30.3 Å². The van der Waals surface area contributed by atoms with Crippen molar-refractivity contribution in [1.29, 1.82) is 0 Å². The van der Waals surface area contributed by atoms with Gasteiger partial charge in [0.2, 0.25) is 0 Å². The van der Waals surface area contributed by atoms with E-state index in [0.717, 1.165) is 11.3 Å². The van der Waals surface area contributed by atoms with Crippen LogP contribution in [-0.2, 0) is 19.1 Å². The number of hydrogen-bond acceptors (Lipinski definition) is 5. The lowest BCUT2D eigenvalue weighted by atomic mass is 9.79. The van der Waals surface area contributed by atoms with E-state index in [-0.39, 0.29) is 0 Å². The normalized spacial score (nSPS) is 20.1. The lowest BCUT2D eigenvalue weighted by Gasteiger charge is -2.27. The summed E-state index contributed by atoms with van der Waals surface area (Å²) in [5, 5.41) is 0. The summed E-state index contributed by atoms with van der Waals surface area (Å²) < 4.78 is 9.63. The summed E-state index contributed by atoms with van der Waals surface area (Å²) in [6.45, 7) is 1.80. The van der Waals surface area contributed by atoms with Gasteiger partial charge < -0.3 is 9.47 Å². The highest BCUT2D eigenvalue weighted by Gasteiger charge is 2.58. The summed E-state index contributed by atoms with van der Waals surface area (Å²) in [4.78, 5) is 28.8. The number of nitrogens with zero attached hydrogens (tertiary/aromatic N) is 1. The molecule has 1 unspecified atom stereocenters. The molecule has 0 saturated heterocycles. The molecule has 5 nitrogen and oxygen atoms in total. The van der Waals surface area contributed by atoms with Gasteiger partial charge in [-0.05, 0) is 18.9 Å². The van der Waals surface area contributed by atoms with Crippen molar-refractivity contribution in [3.05, 3.63) is 35.9 Å². The number of hydrogen-bond donors (Lipinski definition) is 0. The van der Waals surface area contributed by atoms with E-state index >= 15 is 0 Å². The van der Waals surface area contributed by atoms with E-state index < -0.39 is 23.4 Å². The van der Waals surface area contributed by atoms with Gasteiger partial charge in [0.05, 0.1) is 14.2 Å². The van der Waals surface area contributed by atoms with Crippen LogP contribution in [0.3, 0.4) is 0 Å². The van der Waals surface area contributed by atoms with Crippen molar-refractivity contribution in [2.45, 2.75) is 24.8 Å². The zero-order valence-electron chi connectivity index (χ0n) is 11.8. The van der Waals surface area contributed by atoms with Crippen molar-refractivity contribution in [2.24, 2.45) is 4.99 Å². The molecule has 106 valence electrons. The fraction of sp³-hybridized carbons (Fsp3) is 0.400. The lowest BCUT2D eigenvalue weighted by molar-refractivity contribution is -0.161. The summed E-state index contributed by atoms with van der Waals surface area (Å²) in [5.74, 6) is -1.77. The number of aliphatic imine (C=N–C) groups is 1. The average molecular weight is 275 g/mol. The highest BCUT2D eigenvalue weighted by molar-refractivity contribution is 6.11. The van der Waals surface area contributed by atoms with Crippen molar-refractivity contribution >= 4 is 17.7 Å². The quantitative estimate of drug-likeness (QED) is 0.622. The molecule has 0 N–H and O–H groups in total. The molecule has 1 aliphatic heterocycles. The first-order chi connectivity index (χ1) is 9.56. The molecule has 1 heterocycles. The first kappa shape index (κ1) is 14.2. The summed E-state index contributed by atoms with van der Waals surface area (Å²) in [6, 6.07) is 9.35. The molecule has 5 heteroatoms. The maximum absolute atomic E-state index is 12.2. The van der Waals surface area contributed by atoms with Crippen LogP contribution in [-0.4, -0.2) is 37.4 Å². The van der Waals surface area contributed by atoms with E-state index in [9.17, 15) is 9.59 Å². The van der Waals surface area contributed by atoms with Gasteiger partial charge in [0, 0.05) is 11.6 Å². The molecular weight excluding hydrogens is 258 g/mol. The number of ether oxygens (including phenoxy) is 2. The second-order valence-electron chi connectivity index (χ2n) is 4.76. The molecule has 0 saturated carbocycles. The Labute approximate surface area is 117 Å². The minimum Gasteiger partial charge on any atom is -0.467 e. The molecule has 1 atom stereocenters. The zero-order valence-corrected chi connectivity index (χ0v) is 11.8. The number of methoxy groups -OCH3 is 2. The van der Waals surface area contributed by atoms with Gasteiger partial charge in [-0.3, -0.25) is 4.99 Å². The Kier molecular flexibility index (Phi) is 3.88. The van der Waals surface area contributed by atoms with Gasteiger partial charge in [-0.15, -0.1) is 0 Å². The van der Waals surface area contributed by atoms with E-state index in [1.54, 1.807) is 6.92 Å². The van der Waals surface area contributed by atoms with Crippen LogP contribution in [0.25, 0.3) is 0 Å². The minimum absolute atomic E-state index is 0.399. The summed E-state index contributed by atoms with van der Waals surface area (Å²) in [5.41, 5.74) is -0.0341. The van der Waals surface area contributed by atoms with Gasteiger partial charge in [-0.2, -0.15) is 0 Å². The fourth-order valence-electron chi connectivity index (χ4n) is 2.68. The van der Waals surface area contributed by atoms with Crippen LogP contribution in [0.5, 0.6) is 0 Å². The number of benzene rings is 1. The Morgan fingerprint density at radius 1 is 1.15 bits per heavy atom. The Morgan fingerprint density at radius 2 is 1.70 bits per heavy atom. The van der Waals surface area contributed by atoms with Crippen LogP contribution < -0.4 is 0 Å². The maximum Gasteiger partial charge on any atom is 0.346 e. The predicted octanol–water partition coefficient (Wildman–Crippen LogP) is 1.72. The smallest absolute Gasteiger partial charge is 0.346 e. The first-order valence-corrected chi connectivity index (χ1v) is 6.33. The molecule has 20 heavy (non-hydrogen) atoms. The van der Waals surface area contributed by atoms with Crippen molar-refractivity contribution in [1.82, 2.24) is 0 Å². The Bertz CT molecular complexity index is 534. The summed E-state index contributed by atoms with van der Waals surface area (Å²) in [7, 11) is 2.50. The van der Waals surface area contributed by atoms with Crippen molar-refractivity contribution in [3.63, 3.8) is 0 Å². The molecule has 0 fully saturated rings. The fourth-order valence-corrected chi connectivity index (χ4v) is 2.68. The van der Waals surface area contributed by atoms with Crippen LogP contribution in [0.1, 0.15) is 24.8 Å². The molecule has 0 spiro atoms. The van der Waals surface area contributed by atoms with Crippen LogP contribution >= 0.6 is 0 Å². The number of carbonyl (C=O) groups is 2. The van der Waals surface area contributed by atoms with E-state index in [0.29, 0.717) is 6.42 Å². The Hall–Kier alpha value is -2.17. The van der Waals surface area contributed by atoms with Crippen molar-refractivity contribution < 1.29 is 19.1 Å². The number of esters is 2. The van der Waals surface area contributed by atoms with E-state index in [2.05, 4.69) is 4.99 Å². The molecular formula is C15H17NO4. The molecule has 0 aromatic heterocycles. The third kappa shape index (κ3) is 2.09. The van der Waals surface area contributed by atoms with Gasteiger partial charge in [-0.25, -0.2) is 9.59 Å². The molecule has 0 bridgehead atoms. The first-order valence-electron chi connectivity index (χ1n) is 6.33. The standard InChI is InChI=1S/C15H17NO4/c1-10-9-12(11-7-5-4-6-8-11)15(16-10,13(17)19-2)14(18)20-3/h4-8,12H,9H2,1-3H3. The summed E-state index contributed by atoms with van der Waals surface area (Å²) in [6.07, 6.45) is 0.522. The number of rotatable bonds is 3. The predicted molar refractivity (Wildman–Crippen MR) is 73.7 cm³/mol. The monoisotopic (exact) mass is 275 g/mol. The van der Waals surface area contributed by atoms with Crippen molar-refractivity contribution in [3.8, 4) is 0 Å². The molecule has 0 amide bonds. The highest BCUT2D eigenvalue weighted by atomic mass is 16.5. The van der Waals surface area contributed by atoms with Gasteiger partial charge in [0.15, 0.2) is 0 Å². The van der Waals surface area contributed by atoms with E-state index in [1.165, 1.54) is 14.2 Å². The number of carbonyl (C=O) groups excluding carboxylic acids is 2. The molecule has 2 rings (SSSR count). The molecule has 0 aliphatic carbocycles. The van der Waals surface area contributed by atoms with Gasteiger partial charge in [0.25, 0.3) is 5.54 Å². The van der Waals surface area contributed by atoms with Gasteiger partial charge in [0.1, 0.15) is 0 Å². The van der Waals surface area contributed by atoms with Gasteiger partial charge >= 0.3 is 11.9 Å². The molecule has 1 aromatic carbocycles. The van der Waals surface area contributed by atoms with Crippen molar-refractivity contribution in [2.75, 3.05) is 14.2 Å². The third-order valence-electron chi connectivity index (χ3n) is 3.57. The minimum atomic E-state index is -1.63. The zero-order chi connectivity index (χ0) is 14.8. The largest absolute Gasteiger partial charge is 0.467 e. The SMILES string of the molecule is COC(=O)C1(C(=O)OC)N=C(C)CC1c1ccccc1. The van der Waals surface area contributed by atoms with Crippen LogP contribution in [0.4, 0.5) is 0 Å². The van der Waals surface area contributed by atoms with E-state index in [4.69, 9.17) is 9.47 Å². The van der Waals surface area contributed by atoms with Crippen LogP contribution in [0, 0.1) is 0 Å². The highest BCUT2D eigenvalue weighted by Crippen LogP contribution is 2.42. The van der Waals surface area contributed by atoms with E-state index in [1.807, 2.05) is 30.3 Å². The van der Waals surface area contributed by atoms with Crippen LogP contribution in [0.2, 0.25) is 0 Å². The molecule has 1 aromatic rings. The second-order valence-corrected chi connectivity index (χ2v) is 4.76. The average Bonchev–Trinajstić information content (AvgIpc) is 2.85. The Balaban J connectivity index is 2.56.